The summed E-state index contributed by atoms with van der Waals surface area (Å²) in [6.07, 6.45) is 0.861. The van der Waals surface area contributed by atoms with E-state index >= 15 is 0 Å². The van der Waals surface area contributed by atoms with Gasteiger partial charge in [-0.15, -0.1) is 0 Å². The minimum atomic E-state index is -2.08. The number of ketones is 2. The van der Waals surface area contributed by atoms with Crippen molar-refractivity contribution in [2.75, 3.05) is 6.61 Å². The first-order valence-corrected chi connectivity index (χ1v) is 13.3. The molecule has 7 heteroatoms. The highest BCUT2D eigenvalue weighted by Gasteiger charge is 2.38. The Morgan fingerprint density at radius 3 is 2.13 bits per heavy atom. The first-order chi connectivity index (χ1) is 14.3. The molecule has 0 aliphatic carbocycles. The van der Waals surface area contributed by atoms with Gasteiger partial charge in [-0.1, -0.05) is 51.1 Å². The molecule has 0 aliphatic rings. The first-order valence-electron chi connectivity index (χ1n) is 10.4. The number of Topliss-reactive ketones (excluding diaryl/α,β-unsaturated/α-hetero) is 2. The molecule has 2 N–H and O–H groups in total. The maximum atomic E-state index is 11.7. The standard InChI is InChI=1S/C24H36O6Si/c1-17(25)23(18(2)26)20(27)13-14-22(29-15-19-11-9-8-10-12-19)21(28)16-30-31(6,7)24(3,4)5/h8-14,21-22,27-28H,15-16H2,1-7H3/b14-13-/t21-,22-/m0/s1. The Balaban J connectivity index is 3.06. The first kappa shape index (κ1) is 27.0. The van der Waals surface area contributed by atoms with Crippen molar-refractivity contribution in [3.8, 4) is 0 Å². The van der Waals surface area contributed by atoms with Crippen LogP contribution in [-0.4, -0.2) is 48.9 Å². The molecule has 0 fully saturated rings. The fraction of sp³-hybridized carbons (Fsp3) is 0.500. The van der Waals surface area contributed by atoms with Crippen LogP contribution >= 0.6 is 0 Å². The van der Waals surface area contributed by atoms with Crippen molar-refractivity contribution < 1.29 is 29.0 Å². The third-order valence-corrected chi connectivity index (χ3v) is 9.99. The van der Waals surface area contributed by atoms with Gasteiger partial charge in [0, 0.05) is 0 Å². The highest BCUT2D eigenvalue weighted by Crippen LogP contribution is 2.36. The summed E-state index contributed by atoms with van der Waals surface area (Å²) in [6.45, 7) is 13.3. The Kier molecular flexibility index (Phi) is 10.0. The van der Waals surface area contributed by atoms with Crippen molar-refractivity contribution in [2.45, 2.75) is 71.6 Å². The molecule has 0 saturated heterocycles. The lowest BCUT2D eigenvalue weighted by Crippen LogP contribution is -2.44. The van der Waals surface area contributed by atoms with E-state index in [0.717, 1.165) is 5.56 Å². The Morgan fingerprint density at radius 2 is 1.65 bits per heavy atom. The van der Waals surface area contributed by atoms with E-state index in [2.05, 4.69) is 33.9 Å². The predicted molar refractivity (Wildman–Crippen MR) is 124 cm³/mol. The number of carbonyl (C=O) groups excluding carboxylic acids is 2. The van der Waals surface area contributed by atoms with Crippen molar-refractivity contribution in [3.63, 3.8) is 0 Å². The minimum Gasteiger partial charge on any atom is -0.507 e. The van der Waals surface area contributed by atoms with Crippen LogP contribution in [0.3, 0.4) is 0 Å². The van der Waals surface area contributed by atoms with Gasteiger partial charge in [-0.2, -0.15) is 0 Å². The minimum absolute atomic E-state index is 0.0121. The molecule has 0 spiro atoms. The topological polar surface area (TPSA) is 93.1 Å². The molecule has 2 atom stereocenters. The van der Waals surface area contributed by atoms with Crippen LogP contribution in [0.2, 0.25) is 18.1 Å². The van der Waals surface area contributed by atoms with Crippen LogP contribution in [0.25, 0.3) is 0 Å². The number of hydrogen-bond donors (Lipinski definition) is 2. The number of hydrogen-bond acceptors (Lipinski definition) is 6. The molecule has 0 saturated carbocycles. The molecule has 0 radical (unpaired) electrons. The zero-order chi connectivity index (χ0) is 23.8. The summed E-state index contributed by atoms with van der Waals surface area (Å²) >= 11 is 0. The zero-order valence-electron chi connectivity index (χ0n) is 19.6. The number of ether oxygens (including phenoxy) is 1. The SMILES string of the molecule is CC(=O)C(C(C)=O)=C(O)/C=C\[C@H](OCc1ccccc1)[C@@H](O)CO[Si](C)(C)C(C)(C)C. The lowest BCUT2D eigenvalue weighted by atomic mass is 10.1. The van der Waals surface area contributed by atoms with Crippen LogP contribution < -0.4 is 0 Å². The fourth-order valence-electron chi connectivity index (χ4n) is 2.54. The van der Waals surface area contributed by atoms with E-state index in [4.69, 9.17) is 9.16 Å². The summed E-state index contributed by atoms with van der Waals surface area (Å²) in [4.78, 5) is 23.3. The molecule has 0 amide bonds. The van der Waals surface area contributed by atoms with Crippen LogP contribution in [0.5, 0.6) is 0 Å². The summed E-state index contributed by atoms with van der Waals surface area (Å²) < 4.78 is 12.0. The second-order valence-electron chi connectivity index (χ2n) is 9.13. The number of allylic oxidation sites excluding steroid dienone is 2. The number of aliphatic hydroxyl groups is 2. The highest BCUT2D eigenvalue weighted by atomic mass is 28.4. The lowest BCUT2D eigenvalue weighted by molar-refractivity contribution is -0.119. The van der Waals surface area contributed by atoms with Crippen LogP contribution in [0, 0.1) is 0 Å². The molecule has 0 unspecified atom stereocenters. The maximum absolute atomic E-state index is 11.7. The lowest BCUT2D eigenvalue weighted by Gasteiger charge is -2.37. The second kappa shape index (κ2) is 11.5. The van der Waals surface area contributed by atoms with Crippen molar-refractivity contribution in [3.05, 3.63) is 59.4 Å². The van der Waals surface area contributed by atoms with Crippen molar-refractivity contribution in [1.82, 2.24) is 0 Å². The summed E-state index contributed by atoms with van der Waals surface area (Å²) in [5.41, 5.74) is 0.636. The molecule has 0 heterocycles. The van der Waals surface area contributed by atoms with Crippen LogP contribution in [0.1, 0.15) is 40.2 Å². The van der Waals surface area contributed by atoms with Crippen LogP contribution in [0.15, 0.2) is 53.8 Å². The van der Waals surface area contributed by atoms with E-state index in [9.17, 15) is 19.8 Å². The molecule has 6 nitrogen and oxygen atoms in total. The monoisotopic (exact) mass is 448 g/mol. The van der Waals surface area contributed by atoms with Crippen molar-refractivity contribution in [1.29, 1.82) is 0 Å². The normalized spacial score (nSPS) is 14.3. The second-order valence-corrected chi connectivity index (χ2v) is 13.9. The van der Waals surface area contributed by atoms with Gasteiger partial charge in [-0.05, 0) is 49.7 Å². The summed E-state index contributed by atoms with van der Waals surface area (Å²) in [6, 6.07) is 9.49. The van der Waals surface area contributed by atoms with Gasteiger partial charge in [0.25, 0.3) is 0 Å². The summed E-state index contributed by atoms with van der Waals surface area (Å²) in [5.74, 6) is -1.51. The van der Waals surface area contributed by atoms with Gasteiger partial charge in [0.1, 0.15) is 23.5 Å². The Labute approximate surface area is 186 Å². The zero-order valence-corrected chi connectivity index (χ0v) is 20.6. The molecule has 1 rings (SSSR count). The van der Waals surface area contributed by atoms with Gasteiger partial charge in [-0.25, -0.2) is 0 Å². The molecule has 31 heavy (non-hydrogen) atoms. The molecular weight excluding hydrogens is 412 g/mol. The van der Waals surface area contributed by atoms with Gasteiger partial charge in [0.15, 0.2) is 19.9 Å². The quantitative estimate of drug-likeness (QED) is 0.129. The highest BCUT2D eigenvalue weighted by molar-refractivity contribution is 6.74. The van der Waals surface area contributed by atoms with E-state index in [1.54, 1.807) is 0 Å². The molecular formula is C24H36O6Si. The Morgan fingerprint density at radius 1 is 1.10 bits per heavy atom. The van der Waals surface area contributed by atoms with Crippen LogP contribution in [0.4, 0.5) is 0 Å². The van der Waals surface area contributed by atoms with Gasteiger partial charge in [0.05, 0.1) is 13.2 Å². The third kappa shape index (κ3) is 8.53. The number of aliphatic hydroxyl groups excluding tert-OH is 2. The van der Waals surface area contributed by atoms with Gasteiger partial charge in [0.2, 0.25) is 0 Å². The van der Waals surface area contributed by atoms with E-state index in [-0.39, 0.29) is 23.8 Å². The maximum Gasteiger partial charge on any atom is 0.192 e. The summed E-state index contributed by atoms with van der Waals surface area (Å²) in [7, 11) is -2.08. The van der Waals surface area contributed by atoms with E-state index in [1.165, 1.54) is 26.0 Å². The van der Waals surface area contributed by atoms with E-state index < -0.39 is 37.9 Å². The molecule has 0 aliphatic heterocycles. The number of benzene rings is 1. The number of carbonyl (C=O) groups is 2. The molecule has 0 bridgehead atoms. The predicted octanol–water partition coefficient (Wildman–Crippen LogP) is 4.50. The molecule has 0 aromatic heterocycles. The van der Waals surface area contributed by atoms with Crippen molar-refractivity contribution >= 4 is 19.9 Å². The van der Waals surface area contributed by atoms with Crippen LogP contribution in [-0.2, 0) is 25.4 Å². The molecule has 172 valence electrons. The number of rotatable bonds is 11. The Bertz CT molecular complexity index is 789. The smallest absolute Gasteiger partial charge is 0.192 e. The van der Waals surface area contributed by atoms with Crippen molar-refractivity contribution in [2.24, 2.45) is 0 Å². The summed E-state index contributed by atoms with van der Waals surface area (Å²) in [5, 5.41) is 21.0. The molecule has 1 aromatic carbocycles. The third-order valence-electron chi connectivity index (χ3n) is 5.49. The molecule has 1 aromatic rings. The van der Waals surface area contributed by atoms with E-state index in [0.29, 0.717) is 0 Å². The van der Waals surface area contributed by atoms with Gasteiger partial charge < -0.3 is 19.4 Å². The Hall–Kier alpha value is -2.06. The average molecular weight is 449 g/mol. The van der Waals surface area contributed by atoms with Gasteiger partial charge >= 0.3 is 0 Å². The average Bonchev–Trinajstić information content (AvgIpc) is 2.65. The van der Waals surface area contributed by atoms with Gasteiger partial charge in [-0.3, -0.25) is 9.59 Å². The fourth-order valence-corrected chi connectivity index (χ4v) is 3.56. The van der Waals surface area contributed by atoms with E-state index in [1.807, 2.05) is 30.3 Å². The largest absolute Gasteiger partial charge is 0.507 e.